The Labute approximate surface area is 148 Å². The summed E-state index contributed by atoms with van der Waals surface area (Å²) >= 11 is 1.39. The van der Waals surface area contributed by atoms with E-state index in [-0.39, 0.29) is 24.3 Å². The monoisotopic (exact) mass is 357 g/mol. The fourth-order valence-electron chi connectivity index (χ4n) is 2.38. The third kappa shape index (κ3) is 4.48. The number of aromatic nitrogens is 4. The van der Waals surface area contributed by atoms with Crippen LogP contribution >= 0.6 is 11.3 Å². The second-order valence-electron chi connectivity index (χ2n) is 5.68. The Kier molecular flexibility index (Phi) is 5.49. The third-order valence-electron chi connectivity index (χ3n) is 3.72. The zero-order valence-corrected chi connectivity index (χ0v) is 14.7. The van der Waals surface area contributed by atoms with Crippen LogP contribution < -0.4 is 10.9 Å². The molecule has 1 amide bonds. The van der Waals surface area contributed by atoms with Gasteiger partial charge >= 0.3 is 0 Å². The van der Waals surface area contributed by atoms with Gasteiger partial charge in [0.05, 0.1) is 11.0 Å². The molecule has 2 heterocycles. The predicted molar refractivity (Wildman–Crippen MR) is 97.8 cm³/mol. The van der Waals surface area contributed by atoms with Crippen LogP contribution in [0, 0.1) is 0 Å². The number of hydrogen-bond donors (Lipinski definition) is 2. The molecule has 1 aromatic carbocycles. The van der Waals surface area contributed by atoms with E-state index >= 15 is 0 Å². The van der Waals surface area contributed by atoms with Crippen molar-refractivity contribution in [2.24, 2.45) is 0 Å². The summed E-state index contributed by atoms with van der Waals surface area (Å²) in [7, 11) is 0. The van der Waals surface area contributed by atoms with Crippen LogP contribution in [0.4, 0.5) is 5.13 Å². The van der Waals surface area contributed by atoms with Gasteiger partial charge in [-0.15, -0.1) is 10.2 Å². The fraction of sp³-hybridized carbons (Fsp3) is 0.353. The zero-order valence-electron chi connectivity index (χ0n) is 13.9. The van der Waals surface area contributed by atoms with E-state index in [1.165, 1.54) is 11.3 Å². The molecule has 0 radical (unpaired) electrons. The van der Waals surface area contributed by atoms with E-state index in [1.54, 1.807) is 6.07 Å². The molecule has 0 saturated heterocycles. The number of H-pyrrole nitrogens is 1. The SMILES string of the molecule is CCCCc1nnc(NC(=O)CCc2nc3ccccc3[nH]c2=O)s1. The summed E-state index contributed by atoms with van der Waals surface area (Å²) < 4.78 is 0. The molecule has 3 rings (SSSR count). The van der Waals surface area contributed by atoms with Crippen LogP contribution in [0.3, 0.4) is 0 Å². The van der Waals surface area contributed by atoms with Gasteiger partial charge in [-0.2, -0.15) is 0 Å². The maximum Gasteiger partial charge on any atom is 0.270 e. The highest BCUT2D eigenvalue weighted by Gasteiger charge is 2.11. The molecule has 0 aliphatic carbocycles. The van der Waals surface area contributed by atoms with Crippen LogP contribution in [-0.2, 0) is 17.6 Å². The van der Waals surface area contributed by atoms with Crippen LogP contribution in [0.1, 0.15) is 36.9 Å². The summed E-state index contributed by atoms with van der Waals surface area (Å²) in [5, 5.41) is 12.2. The molecule has 0 aliphatic rings. The molecular weight excluding hydrogens is 338 g/mol. The predicted octanol–water partition coefficient (Wildman–Crippen LogP) is 2.69. The van der Waals surface area contributed by atoms with E-state index in [1.807, 2.05) is 18.2 Å². The molecule has 130 valence electrons. The van der Waals surface area contributed by atoms with Gasteiger partial charge in [0.2, 0.25) is 11.0 Å². The number of aromatic amines is 1. The number of benzene rings is 1. The Morgan fingerprint density at radius 3 is 2.92 bits per heavy atom. The normalized spacial score (nSPS) is 10.9. The number of para-hydroxylation sites is 2. The van der Waals surface area contributed by atoms with Gasteiger partial charge in [0, 0.05) is 19.3 Å². The van der Waals surface area contributed by atoms with Crippen molar-refractivity contribution < 1.29 is 4.79 Å². The molecule has 2 aromatic heterocycles. The highest BCUT2D eigenvalue weighted by molar-refractivity contribution is 7.15. The van der Waals surface area contributed by atoms with Crippen molar-refractivity contribution in [1.29, 1.82) is 0 Å². The first kappa shape index (κ1) is 17.2. The van der Waals surface area contributed by atoms with E-state index in [4.69, 9.17) is 0 Å². The number of unbranched alkanes of at least 4 members (excludes halogenated alkanes) is 1. The molecular formula is C17H19N5O2S. The first-order valence-corrected chi connectivity index (χ1v) is 9.07. The number of fused-ring (bicyclic) bond motifs is 1. The second-order valence-corrected chi connectivity index (χ2v) is 6.74. The van der Waals surface area contributed by atoms with Gasteiger partial charge < -0.3 is 10.3 Å². The lowest BCUT2D eigenvalue weighted by molar-refractivity contribution is -0.116. The number of nitrogens with one attached hydrogen (secondary N) is 2. The minimum atomic E-state index is -0.260. The Morgan fingerprint density at radius 1 is 1.24 bits per heavy atom. The van der Waals surface area contributed by atoms with Crippen molar-refractivity contribution in [3.05, 3.63) is 45.3 Å². The summed E-state index contributed by atoms with van der Waals surface area (Å²) in [4.78, 5) is 31.2. The first-order chi connectivity index (χ1) is 12.2. The van der Waals surface area contributed by atoms with E-state index in [9.17, 15) is 9.59 Å². The van der Waals surface area contributed by atoms with Gasteiger partial charge in [0.1, 0.15) is 10.7 Å². The van der Waals surface area contributed by atoms with Crippen molar-refractivity contribution in [1.82, 2.24) is 20.2 Å². The number of rotatable bonds is 7. The fourth-order valence-corrected chi connectivity index (χ4v) is 3.18. The molecule has 0 aliphatic heterocycles. The van der Waals surface area contributed by atoms with Crippen molar-refractivity contribution in [3.8, 4) is 0 Å². The molecule has 0 unspecified atom stereocenters. The Balaban J connectivity index is 1.59. The van der Waals surface area contributed by atoms with Gasteiger partial charge in [0.25, 0.3) is 5.56 Å². The van der Waals surface area contributed by atoms with E-state index in [0.29, 0.717) is 21.9 Å². The average molecular weight is 357 g/mol. The quantitative estimate of drug-likeness (QED) is 0.677. The summed E-state index contributed by atoms with van der Waals surface area (Å²) in [5.41, 5.74) is 1.50. The molecule has 0 saturated carbocycles. The second kappa shape index (κ2) is 7.98. The molecule has 3 aromatic rings. The Morgan fingerprint density at radius 2 is 2.08 bits per heavy atom. The standard InChI is InChI=1S/C17H19N5O2S/c1-2-3-8-15-21-22-17(25-15)20-14(23)10-9-13-16(24)19-12-7-5-4-6-11(12)18-13/h4-7H,2-3,8-10H2,1H3,(H,19,24)(H,20,22,23). The molecule has 7 nitrogen and oxygen atoms in total. The number of amides is 1. The zero-order chi connectivity index (χ0) is 17.6. The number of hydrogen-bond acceptors (Lipinski definition) is 6. The van der Waals surface area contributed by atoms with Crippen LogP contribution in [0.5, 0.6) is 0 Å². The number of anilines is 1. The van der Waals surface area contributed by atoms with Crippen molar-refractivity contribution in [3.63, 3.8) is 0 Å². The molecule has 25 heavy (non-hydrogen) atoms. The van der Waals surface area contributed by atoms with Crippen LogP contribution in [-0.4, -0.2) is 26.1 Å². The van der Waals surface area contributed by atoms with E-state index < -0.39 is 0 Å². The number of aryl methyl sites for hydroxylation is 2. The maximum atomic E-state index is 12.1. The van der Waals surface area contributed by atoms with Gasteiger partial charge in [0.15, 0.2) is 0 Å². The Hall–Kier alpha value is -2.61. The summed E-state index contributed by atoms with van der Waals surface area (Å²) in [6.07, 6.45) is 3.46. The maximum absolute atomic E-state index is 12.1. The number of carbonyl (C=O) groups excluding carboxylic acids is 1. The van der Waals surface area contributed by atoms with Crippen molar-refractivity contribution in [2.75, 3.05) is 5.32 Å². The van der Waals surface area contributed by atoms with Crippen molar-refractivity contribution in [2.45, 2.75) is 39.0 Å². The topological polar surface area (TPSA) is 101 Å². The summed E-state index contributed by atoms with van der Waals surface area (Å²) in [6.45, 7) is 2.12. The third-order valence-corrected chi connectivity index (χ3v) is 4.61. The minimum Gasteiger partial charge on any atom is -0.319 e. The summed E-state index contributed by atoms with van der Waals surface area (Å²) in [6, 6.07) is 7.32. The van der Waals surface area contributed by atoms with Crippen LogP contribution in [0.15, 0.2) is 29.1 Å². The Bertz CT molecular complexity index is 934. The lowest BCUT2D eigenvalue weighted by Crippen LogP contribution is -2.18. The largest absolute Gasteiger partial charge is 0.319 e. The summed E-state index contributed by atoms with van der Waals surface area (Å²) in [5.74, 6) is -0.201. The smallest absolute Gasteiger partial charge is 0.270 e. The molecule has 0 fully saturated rings. The molecule has 0 atom stereocenters. The lowest BCUT2D eigenvalue weighted by atomic mass is 10.2. The number of carbonyl (C=O) groups is 1. The van der Waals surface area contributed by atoms with Gasteiger partial charge in [-0.25, -0.2) is 4.98 Å². The molecule has 2 N–H and O–H groups in total. The van der Waals surface area contributed by atoms with E-state index in [2.05, 4.69) is 32.4 Å². The van der Waals surface area contributed by atoms with E-state index in [0.717, 1.165) is 24.3 Å². The highest BCUT2D eigenvalue weighted by Crippen LogP contribution is 2.17. The molecule has 0 bridgehead atoms. The first-order valence-electron chi connectivity index (χ1n) is 8.26. The highest BCUT2D eigenvalue weighted by atomic mass is 32.1. The molecule has 0 spiro atoms. The van der Waals surface area contributed by atoms with Gasteiger partial charge in [-0.05, 0) is 18.6 Å². The molecule has 8 heteroatoms. The van der Waals surface area contributed by atoms with Crippen LogP contribution in [0.25, 0.3) is 11.0 Å². The van der Waals surface area contributed by atoms with Crippen LogP contribution in [0.2, 0.25) is 0 Å². The van der Waals surface area contributed by atoms with Crippen molar-refractivity contribution >= 4 is 33.4 Å². The van der Waals surface area contributed by atoms with Gasteiger partial charge in [-0.1, -0.05) is 36.8 Å². The minimum absolute atomic E-state index is 0.165. The lowest BCUT2D eigenvalue weighted by Gasteiger charge is -2.03. The van der Waals surface area contributed by atoms with Gasteiger partial charge in [-0.3, -0.25) is 9.59 Å². The average Bonchev–Trinajstić information content (AvgIpc) is 3.05. The number of nitrogens with zero attached hydrogens (tertiary/aromatic N) is 3.